The van der Waals surface area contributed by atoms with Crippen LogP contribution in [0.4, 0.5) is 5.82 Å². The molecule has 2 N–H and O–H groups in total. The Morgan fingerprint density at radius 1 is 1.47 bits per heavy atom. The number of anilines is 1. The molecule has 1 unspecified atom stereocenters. The van der Waals surface area contributed by atoms with Crippen molar-refractivity contribution in [3.8, 4) is 0 Å². The van der Waals surface area contributed by atoms with Crippen LogP contribution in [0.25, 0.3) is 10.9 Å². The van der Waals surface area contributed by atoms with Crippen molar-refractivity contribution < 1.29 is 9.53 Å². The van der Waals surface area contributed by atoms with Gasteiger partial charge in [-0.3, -0.25) is 9.89 Å². The minimum atomic E-state index is -0.328. The molecule has 1 fully saturated rings. The van der Waals surface area contributed by atoms with Crippen LogP contribution in [0.1, 0.15) is 12.8 Å². The van der Waals surface area contributed by atoms with Crippen molar-refractivity contribution >= 4 is 22.6 Å². The Bertz CT molecular complexity index is 543. The first kappa shape index (κ1) is 10.3. The van der Waals surface area contributed by atoms with E-state index in [1.54, 1.807) is 0 Å². The lowest BCUT2D eigenvalue weighted by Crippen LogP contribution is -2.27. The highest BCUT2D eigenvalue weighted by Gasteiger charge is 2.24. The number of carbonyl (C=O) groups is 1. The van der Waals surface area contributed by atoms with E-state index in [4.69, 9.17) is 4.74 Å². The largest absolute Gasteiger partial charge is 0.368 e. The number of fused-ring (bicyclic) bond motifs is 1. The summed E-state index contributed by atoms with van der Waals surface area (Å²) in [7, 11) is 0. The molecule has 5 heteroatoms. The zero-order chi connectivity index (χ0) is 11.7. The Kier molecular flexibility index (Phi) is 2.53. The van der Waals surface area contributed by atoms with Gasteiger partial charge in [0.15, 0.2) is 5.82 Å². The molecule has 0 saturated carbocycles. The van der Waals surface area contributed by atoms with Gasteiger partial charge in [-0.25, -0.2) is 0 Å². The smallest absolute Gasteiger partial charge is 0.254 e. The fourth-order valence-electron chi connectivity index (χ4n) is 2.04. The number of para-hydroxylation sites is 1. The Hall–Kier alpha value is -1.88. The first-order chi connectivity index (χ1) is 8.34. The summed E-state index contributed by atoms with van der Waals surface area (Å²) in [6.45, 7) is 0.666. The molecule has 2 aromatic rings. The van der Waals surface area contributed by atoms with Gasteiger partial charge >= 0.3 is 0 Å². The van der Waals surface area contributed by atoms with Crippen LogP contribution in [0.5, 0.6) is 0 Å². The van der Waals surface area contributed by atoms with Crippen LogP contribution >= 0.6 is 0 Å². The van der Waals surface area contributed by atoms with Gasteiger partial charge in [0.1, 0.15) is 6.10 Å². The summed E-state index contributed by atoms with van der Waals surface area (Å²) in [5.74, 6) is 0.459. The monoisotopic (exact) mass is 231 g/mol. The second-order valence-corrected chi connectivity index (χ2v) is 4.11. The molecule has 5 nitrogen and oxygen atoms in total. The maximum atomic E-state index is 11.9. The molecule has 1 saturated heterocycles. The predicted molar refractivity (Wildman–Crippen MR) is 63.7 cm³/mol. The highest BCUT2D eigenvalue weighted by atomic mass is 16.5. The number of aromatic nitrogens is 2. The van der Waals surface area contributed by atoms with Crippen molar-refractivity contribution in [3.63, 3.8) is 0 Å². The van der Waals surface area contributed by atoms with Gasteiger partial charge in [-0.2, -0.15) is 5.10 Å². The molecule has 2 heterocycles. The molecule has 1 aliphatic heterocycles. The third kappa shape index (κ3) is 1.89. The molecular weight excluding hydrogens is 218 g/mol. The van der Waals surface area contributed by atoms with Crippen molar-refractivity contribution in [2.75, 3.05) is 11.9 Å². The van der Waals surface area contributed by atoms with Crippen molar-refractivity contribution in [1.82, 2.24) is 10.2 Å². The second kappa shape index (κ2) is 4.18. The number of ether oxygens (including phenoxy) is 1. The van der Waals surface area contributed by atoms with Gasteiger partial charge in [-0.15, -0.1) is 0 Å². The standard InChI is InChI=1S/C12H13N3O2/c16-12(10-6-3-7-17-10)13-11-8-4-1-2-5-9(8)14-15-11/h1-2,4-5,10H,3,6-7H2,(H2,13,14,15,16). The van der Waals surface area contributed by atoms with Crippen LogP contribution in [-0.2, 0) is 9.53 Å². The van der Waals surface area contributed by atoms with Gasteiger partial charge in [-0.05, 0) is 25.0 Å². The zero-order valence-electron chi connectivity index (χ0n) is 9.27. The minimum absolute atomic E-state index is 0.111. The molecule has 1 aromatic carbocycles. The predicted octanol–water partition coefficient (Wildman–Crippen LogP) is 1.68. The fourth-order valence-corrected chi connectivity index (χ4v) is 2.04. The van der Waals surface area contributed by atoms with Crippen LogP contribution in [0, 0.1) is 0 Å². The number of nitrogens with zero attached hydrogens (tertiary/aromatic N) is 1. The van der Waals surface area contributed by atoms with Crippen molar-refractivity contribution in [2.24, 2.45) is 0 Å². The Labute approximate surface area is 98.2 Å². The molecule has 1 aliphatic rings. The quantitative estimate of drug-likeness (QED) is 0.826. The number of nitrogens with one attached hydrogen (secondary N) is 2. The lowest BCUT2D eigenvalue weighted by Gasteiger charge is -2.08. The van der Waals surface area contributed by atoms with Crippen molar-refractivity contribution in [2.45, 2.75) is 18.9 Å². The first-order valence-corrected chi connectivity index (χ1v) is 5.70. The average molecular weight is 231 g/mol. The Morgan fingerprint density at radius 2 is 2.35 bits per heavy atom. The Morgan fingerprint density at radius 3 is 3.18 bits per heavy atom. The molecule has 0 bridgehead atoms. The van der Waals surface area contributed by atoms with Crippen LogP contribution in [0.15, 0.2) is 24.3 Å². The molecular formula is C12H13N3O2. The highest BCUT2D eigenvalue weighted by molar-refractivity contribution is 6.01. The number of aromatic amines is 1. The summed E-state index contributed by atoms with van der Waals surface area (Å²) in [6, 6.07) is 7.68. The van der Waals surface area contributed by atoms with E-state index >= 15 is 0 Å². The normalized spacial score (nSPS) is 19.6. The van der Waals surface area contributed by atoms with E-state index in [2.05, 4.69) is 15.5 Å². The lowest BCUT2D eigenvalue weighted by molar-refractivity contribution is -0.124. The molecule has 17 heavy (non-hydrogen) atoms. The summed E-state index contributed by atoms with van der Waals surface area (Å²) in [5, 5.41) is 10.7. The molecule has 3 rings (SSSR count). The third-order valence-electron chi connectivity index (χ3n) is 2.93. The molecule has 88 valence electrons. The van der Waals surface area contributed by atoms with Gasteiger partial charge in [0.05, 0.1) is 5.52 Å². The molecule has 0 spiro atoms. The number of hydrogen-bond donors (Lipinski definition) is 2. The van der Waals surface area contributed by atoms with Crippen molar-refractivity contribution in [3.05, 3.63) is 24.3 Å². The van der Waals surface area contributed by atoms with Gasteiger partial charge in [-0.1, -0.05) is 12.1 Å². The first-order valence-electron chi connectivity index (χ1n) is 5.70. The molecule has 1 aromatic heterocycles. The van der Waals surface area contributed by atoms with Gasteiger partial charge in [0.2, 0.25) is 0 Å². The van der Waals surface area contributed by atoms with E-state index in [1.165, 1.54) is 0 Å². The number of amides is 1. The van der Waals surface area contributed by atoms with E-state index in [0.717, 1.165) is 23.7 Å². The maximum absolute atomic E-state index is 11.9. The number of hydrogen-bond acceptors (Lipinski definition) is 3. The number of rotatable bonds is 2. The summed E-state index contributed by atoms with van der Waals surface area (Å²) in [4.78, 5) is 11.9. The van der Waals surface area contributed by atoms with Crippen LogP contribution in [-0.4, -0.2) is 28.8 Å². The summed E-state index contributed by atoms with van der Waals surface area (Å²) >= 11 is 0. The van der Waals surface area contributed by atoms with Crippen molar-refractivity contribution in [1.29, 1.82) is 0 Å². The van der Waals surface area contributed by atoms with Gasteiger partial charge in [0, 0.05) is 12.0 Å². The maximum Gasteiger partial charge on any atom is 0.254 e. The summed E-state index contributed by atoms with van der Waals surface area (Å²) < 4.78 is 5.33. The molecule has 0 aliphatic carbocycles. The average Bonchev–Trinajstić information content (AvgIpc) is 2.98. The van der Waals surface area contributed by atoms with Crippen LogP contribution in [0.3, 0.4) is 0 Å². The van der Waals surface area contributed by atoms with Crippen LogP contribution < -0.4 is 5.32 Å². The summed E-state index contributed by atoms with van der Waals surface area (Å²) in [6.07, 6.45) is 1.40. The zero-order valence-corrected chi connectivity index (χ0v) is 9.27. The van der Waals surface area contributed by atoms with E-state index in [-0.39, 0.29) is 12.0 Å². The van der Waals surface area contributed by atoms with E-state index in [9.17, 15) is 4.79 Å². The second-order valence-electron chi connectivity index (χ2n) is 4.11. The minimum Gasteiger partial charge on any atom is -0.368 e. The SMILES string of the molecule is O=C(Nc1n[nH]c2ccccc12)C1CCCO1. The molecule has 1 amide bonds. The fraction of sp³-hybridized carbons (Fsp3) is 0.333. The molecule has 1 atom stereocenters. The van der Waals surface area contributed by atoms with Gasteiger partial charge < -0.3 is 10.1 Å². The highest BCUT2D eigenvalue weighted by Crippen LogP contribution is 2.21. The number of H-pyrrole nitrogens is 1. The van der Waals surface area contributed by atoms with E-state index in [1.807, 2.05) is 24.3 Å². The lowest BCUT2D eigenvalue weighted by atomic mass is 10.2. The number of benzene rings is 1. The third-order valence-corrected chi connectivity index (χ3v) is 2.93. The topological polar surface area (TPSA) is 67.0 Å². The summed E-state index contributed by atoms with van der Waals surface area (Å²) in [5.41, 5.74) is 0.912. The van der Waals surface area contributed by atoms with Crippen LogP contribution in [0.2, 0.25) is 0 Å². The van der Waals surface area contributed by atoms with Gasteiger partial charge in [0.25, 0.3) is 5.91 Å². The Balaban J connectivity index is 1.82. The van der Waals surface area contributed by atoms with E-state index < -0.39 is 0 Å². The molecule has 0 radical (unpaired) electrons. The number of carbonyl (C=O) groups excluding carboxylic acids is 1. The van der Waals surface area contributed by atoms with E-state index in [0.29, 0.717) is 12.4 Å².